The standard InChI is InChI=1S/C26H29N5O3S/c1-16(19-6-5-7-20(11-19)34-4)10-24(32)29-26-22(12-27)21-8-9-30(14-23(21)35-26)25(33)15-31-13-17(2)28-18(31)3/h5-7,11,13,16H,8-10,14-15H2,1-4H3,(H,29,32). The van der Waals surface area contributed by atoms with Crippen molar-refractivity contribution in [1.82, 2.24) is 14.5 Å². The van der Waals surface area contributed by atoms with Crippen LogP contribution in [0.4, 0.5) is 5.00 Å². The maximum Gasteiger partial charge on any atom is 0.242 e. The number of ether oxygens (including phenoxy) is 1. The molecule has 0 radical (unpaired) electrons. The van der Waals surface area contributed by atoms with Gasteiger partial charge in [-0.25, -0.2) is 4.98 Å². The van der Waals surface area contributed by atoms with Crippen LogP contribution in [0.2, 0.25) is 0 Å². The van der Waals surface area contributed by atoms with Gasteiger partial charge in [0, 0.05) is 24.0 Å². The van der Waals surface area contributed by atoms with E-state index < -0.39 is 0 Å². The summed E-state index contributed by atoms with van der Waals surface area (Å²) in [6.45, 7) is 7.01. The highest BCUT2D eigenvalue weighted by Crippen LogP contribution is 2.37. The number of methoxy groups -OCH3 is 1. The monoisotopic (exact) mass is 491 g/mol. The Morgan fingerprint density at radius 3 is 2.83 bits per heavy atom. The van der Waals surface area contributed by atoms with Crippen LogP contribution in [0.15, 0.2) is 30.5 Å². The van der Waals surface area contributed by atoms with E-state index in [1.807, 2.05) is 60.7 Å². The molecular weight excluding hydrogens is 462 g/mol. The third-order valence-corrected chi connectivity index (χ3v) is 7.46. The molecule has 182 valence electrons. The summed E-state index contributed by atoms with van der Waals surface area (Å²) in [6.07, 6.45) is 2.76. The van der Waals surface area contributed by atoms with Crippen molar-refractivity contribution in [1.29, 1.82) is 5.26 Å². The number of nitrogens with one attached hydrogen (secondary N) is 1. The third-order valence-electron chi connectivity index (χ3n) is 6.33. The molecule has 1 N–H and O–H groups in total. The predicted molar refractivity (Wildman–Crippen MR) is 135 cm³/mol. The SMILES string of the molecule is COc1cccc(C(C)CC(=O)Nc2sc3c(c2C#N)CCN(C(=O)Cn2cc(C)nc2C)C3)c1. The average Bonchev–Trinajstić information content (AvgIpc) is 3.35. The van der Waals surface area contributed by atoms with E-state index >= 15 is 0 Å². The number of aryl methyl sites for hydroxylation is 2. The first kappa shape index (κ1) is 24.5. The van der Waals surface area contributed by atoms with E-state index in [0.29, 0.717) is 30.1 Å². The van der Waals surface area contributed by atoms with Crippen LogP contribution in [-0.4, -0.2) is 39.9 Å². The molecule has 3 aromatic rings. The van der Waals surface area contributed by atoms with Crippen LogP contribution in [0.5, 0.6) is 5.75 Å². The van der Waals surface area contributed by atoms with Gasteiger partial charge in [0.05, 0.1) is 24.9 Å². The first-order valence-corrected chi connectivity index (χ1v) is 12.4. The molecule has 8 nitrogen and oxygen atoms in total. The number of nitriles is 1. The molecule has 1 unspecified atom stereocenters. The summed E-state index contributed by atoms with van der Waals surface area (Å²) < 4.78 is 7.14. The van der Waals surface area contributed by atoms with Crippen molar-refractivity contribution in [3.05, 3.63) is 63.5 Å². The maximum absolute atomic E-state index is 12.9. The smallest absolute Gasteiger partial charge is 0.242 e. The predicted octanol–water partition coefficient (Wildman–Crippen LogP) is 4.16. The largest absolute Gasteiger partial charge is 0.497 e. The normalized spacial score (nSPS) is 13.6. The van der Waals surface area contributed by atoms with Crippen LogP contribution in [0.1, 0.15) is 52.3 Å². The number of fused-ring (bicyclic) bond motifs is 1. The van der Waals surface area contributed by atoms with Crippen LogP contribution in [0, 0.1) is 25.2 Å². The van der Waals surface area contributed by atoms with Gasteiger partial charge in [-0.3, -0.25) is 9.59 Å². The summed E-state index contributed by atoms with van der Waals surface area (Å²) in [6, 6.07) is 9.95. The van der Waals surface area contributed by atoms with Gasteiger partial charge in [0.1, 0.15) is 29.2 Å². The van der Waals surface area contributed by atoms with Gasteiger partial charge < -0.3 is 19.5 Å². The Hall–Kier alpha value is -3.64. The molecular formula is C26H29N5O3S. The van der Waals surface area contributed by atoms with Crippen LogP contribution in [0.3, 0.4) is 0 Å². The molecule has 4 rings (SSSR count). The zero-order chi connectivity index (χ0) is 25.1. The first-order chi connectivity index (χ1) is 16.8. The number of aromatic nitrogens is 2. The second-order valence-electron chi connectivity index (χ2n) is 8.87. The molecule has 9 heteroatoms. The Labute approximate surface area is 209 Å². The minimum atomic E-state index is -0.144. The van der Waals surface area contributed by atoms with Crippen molar-refractivity contribution >= 4 is 28.2 Å². The maximum atomic E-state index is 12.9. The fourth-order valence-electron chi connectivity index (χ4n) is 4.42. The van der Waals surface area contributed by atoms with Gasteiger partial charge in [0.15, 0.2) is 0 Å². The van der Waals surface area contributed by atoms with Gasteiger partial charge in [-0.1, -0.05) is 19.1 Å². The number of benzene rings is 1. The fraction of sp³-hybridized carbons (Fsp3) is 0.385. The summed E-state index contributed by atoms with van der Waals surface area (Å²) in [7, 11) is 1.62. The van der Waals surface area contributed by atoms with Gasteiger partial charge >= 0.3 is 0 Å². The molecule has 1 atom stereocenters. The van der Waals surface area contributed by atoms with Crippen LogP contribution in [0.25, 0.3) is 0 Å². The lowest BCUT2D eigenvalue weighted by molar-refractivity contribution is -0.132. The minimum absolute atomic E-state index is 0.00592. The van der Waals surface area contributed by atoms with Gasteiger partial charge in [-0.05, 0) is 49.4 Å². The molecule has 3 heterocycles. The molecule has 0 aliphatic carbocycles. The zero-order valence-electron chi connectivity index (χ0n) is 20.4. The van der Waals surface area contributed by atoms with E-state index in [1.165, 1.54) is 11.3 Å². The van der Waals surface area contributed by atoms with Crippen molar-refractivity contribution in [2.75, 3.05) is 19.0 Å². The molecule has 2 amide bonds. The number of rotatable bonds is 7. The summed E-state index contributed by atoms with van der Waals surface area (Å²) >= 11 is 1.39. The van der Waals surface area contributed by atoms with Crippen molar-refractivity contribution in [3.8, 4) is 11.8 Å². The minimum Gasteiger partial charge on any atom is -0.497 e. The Balaban J connectivity index is 1.43. The highest BCUT2D eigenvalue weighted by Gasteiger charge is 2.28. The number of hydrogen-bond donors (Lipinski definition) is 1. The van der Waals surface area contributed by atoms with Gasteiger partial charge in [-0.2, -0.15) is 5.26 Å². The highest BCUT2D eigenvalue weighted by atomic mass is 32.1. The highest BCUT2D eigenvalue weighted by molar-refractivity contribution is 7.16. The van der Waals surface area contributed by atoms with E-state index in [1.54, 1.807) is 7.11 Å². The van der Waals surface area contributed by atoms with E-state index in [0.717, 1.165) is 33.3 Å². The van der Waals surface area contributed by atoms with Gasteiger partial charge in [0.2, 0.25) is 11.8 Å². The molecule has 0 bridgehead atoms. The summed E-state index contributed by atoms with van der Waals surface area (Å²) in [5.41, 5.74) is 3.35. The van der Waals surface area contributed by atoms with Crippen molar-refractivity contribution < 1.29 is 14.3 Å². The van der Waals surface area contributed by atoms with Crippen molar-refractivity contribution in [2.45, 2.75) is 52.6 Å². The third kappa shape index (κ3) is 5.38. The number of carbonyl (C=O) groups excluding carboxylic acids is 2. The number of hydrogen-bond acceptors (Lipinski definition) is 6. The van der Waals surface area contributed by atoms with E-state index in [4.69, 9.17) is 4.74 Å². The Bertz CT molecular complexity index is 1300. The van der Waals surface area contributed by atoms with Crippen LogP contribution >= 0.6 is 11.3 Å². The molecule has 1 aliphatic heterocycles. The van der Waals surface area contributed by atoms with E-state index in [9.17, 15) is 14.9 Å². The van der Waals surface area contributed by atoms with Crippen molar-refractivity contribution in [2.24, 2.45) is 0 Å². The number of anilines is 1. The lowest BCUT2D eigenvalue weighted by Crippen LogP contribution is -2.37. The molecule has 0 saturated heterocycles. The van der Waals surface area contributed by atoms with E-state index in [-0.39, 0.29) is 30.7 Å². The van der Waals surface area contributed by atoms with Crippen LogP contribution < -0.4 is 10.1 Å². The lowest BCUT2D eigenvalue weighted by Gasteiger charge is -2.27. The number of carbonyl (C=O) groups is 2. The number of nitrogens with zero attached hydrogens (tertiary/aromatic N) is 4. The molecule has 0 spiro atoms. The lowest BCUT2D eigenvalue weighted by atomic mass is 9.97. The molecule has 1 aliphatic rings. The Morgan fingerprint density at radius 2 is 2.14 bits per heavy atom. The van der Waals surface area contributed by atoms with E-state index in [2.05, 4.69) is 16.4 Å². The van der Waals surface area contributed by atoms with Crippen molar-refractivity contribution in [3.63, 3.8) is 0 Å². The summed E-state index contributed by atoms with van der Waals surface area (Å²) in [5.74, 6) is 1.43. The topological polar surface area (TPSA) is 100 Å². The van der Waals surface area contributed by atoms with Crippen LogP contribution in [-0.2, 0) is 29.1 Å². The zero-order valence-corrected chi connectivity index (χ0v) is 21.2. The Kier molecular flexibility index (Phi) is 7.22. The first-order valence-electron chi connectivity index (χ1n) is 11.6. The summed E-state index contributed by atoms with van der Waals surface area (Å²) in [5, 5.41) is 13.3. The van der Waals surface area contributed by atoms with Gasteiger partial charge in [0.25, 0.3) is 0 Å². The number of imidazole rings is 1. The number of thiophene rings is 1. The number of amides is 2. The summed E-state index contributed by atoms with van der Waals surface area (Å²) in [4.78, 5) is 32.9. The van der Waals surface area contributed by atoms with Gasteiger partial charge in [-0.15, -0.1) is 11.3 Å². The fourth-order valence-corrected chi connectivity index (χ4v) is 5.65. The second-order valence-corrected chi connectivity index (χ2v) is 9.98. The molecule has 0 fully saturated rings. The molecule has 0 saturated carbocycles. The molecule has 35 heavy (non-hydrogen) atoms. The average molecular weight is 492 g/mol. The molecule has 1 aromatic carbocycles. The quantitative estimate of drug-likeness (QED) is 0.535. The Morgan fingerprint density at radius 1 is 1.34 bits per heavy atom. The second kappa shape index (κ2) is 10.3. The molecule has 2 aromatic heterocycles.